The van der Waals surface area contributed by atoms with Crippen molar-refractivity contribution in [1.29, 1.82) is 0 Å². The molecule has 0 fully saturated rings. The normalized spacial score (nSPS) is 14.8. The summed E-state index contributed by atoms with van der Waals surface area (Å²) in [6.45, 7) is 1.80. The van der Waals surface area contributed by atoms with Crippen molar-refractivity contribution in [1.82, 2.24) is 0 Å². The molecule has 0 aliphatic carbocycles. The maximum Gasteiger partial charge on any atom is 0.336 e. The number of carbonyl (C=O) groups is 1. The number of fused-ring (bicyclic) bond motifs is 1. The Morgan fingerprint density at radius 1 is 1.09 bits per heavy atom. The molecule has 170 valence electrons. The highest BCUT2D eigenvalue weighted by Crippen LogP contribution is 2.50. The Kier molecular flexibility index (Phi) is 6.06. The topological polar surface area (TPSA) is 99.9 Å². The first kappa shape index (κ1) is 22.3. The fourth-order valence-electron chi connectivity index (χ4n) is 4.11. The van der Waals surface area contributed by atoms with Crippen LogP contribution in [0.2, 0.25) is 0 Å². The molecule has 3 aromatic rings. The minimum atomic E-state index is -0.553. The van der Waals surface area contributed by atoms with E-state index in [0.717, 1.165) is 21.7 Å². The number of nitrogens with one attached hydrogen (secondary N) is 1. The zero-order valence-corrected chi connectivity index (χ0v) is 19.3. The molecule has 1 atom stereocenters. The number of non-ortho nitro benzene ring substituents is 1. The van der Waals surface area contributed by atoms with Gasteiger partial charge in [-0.05, 0) is 35.7 Å². The third kappa shape index (κ3) is 3.91. The van der Waals surface area contributed by atoms with Gasteiger partial charge in [0.2, 0.25) is 0 Å². The first-order valence-electron chi connectivity index (χ1n) is 10.0. The van der Waals surface area contributed by atoms with Gasteiger partial charge in [-0.2, -0.15) is 0 Å². The summed E-state index contributed by atoms with van der Waals surface area (Å²) in [6.07, 6.45) is 0. The summed E-state index contributed by atoms with van der Waals surface area (Å²) in [7, 11) is 4.47. The molecule has 0 amide bonds. The van der Waals surface area contributed by atoms with Crippen molar-refractivity contribution >= 4 is 28.0 Å². The van der Waals surface area contributed by atoms with Crippen molar-refractivity contribution in [3.63, 3.8) is 0 Å². The van der Waals surface area contributed by atoms with Crippen molar-refractivity contribution in [3.05, 3.63) is 80.4 Å². The molecule has 0 bridgehead atoms. The number of nitrogens with zero attached hydrogens (tertiary/aromatic N) is 1. The lowest BCUT2D eigenvalue weighted by molar-refractivity contribution is -0.384. The van der Waals surface area contributed by atoms with Crippen molar-refractivity contribution in [2.24, 2.45) is 0 Å². The molecule has 2 heterocycles. The quantitative estimate of drug-likeness (QED) is 0.297. The smallest absolute Gasteiger partial charge is 0.336 e. The lowest BCUT2D eigenvalue weighted by atomic mass is 9.80. The Morgan fingerprint density at radius 2 is 1.85 bits per heavy atom. The number of thiophene rings is 1. The number of benzene rings is 2. The lowest BCUT2D eigenvalue weighted by Crippen LogP contribution is -2.23. The van der Waals surface area contributed by atoms with Crippen molar-refractivity contribution in [3.8, 4) is 22.6 Å². The summed E-state index contributed by atoms with van der Waals surface area (Å²) >= 11 is 1.50. The predicted octanol–water partition coefficient (Wildman–Crippen LogP) is 5.34. The fourth-order valence-corrected chi connectivity index (χ4v) is 5.17. The molecule has 1 unspecified atom stereocenters. The fraction of sp³-hybridized carbons (Fsp3) is 0.208. The van der Waals surface area contributed by atoms with Gasteiger partial charge in [-0.3, -0.25) is 10.1 Å². The maximum atomic E-state index is 12.9. The van der Waals surface area contributed by atoms with E-state index in [0.29, 0.717) is 28.3 Å². The number of anilines is 1. The van der Waals surface area contributed by atoms with Gasteiger partial charge in [-0.15, -0.1) is 11.3 Å². The van der Waals surface area contributed by atoms with Crippen molar-refractivity contribution < 1.29 is 23.9 Å². The van der Waals surface area contributed by atoms with Gasteiger partial charge in [0.05, 0.1) is 36.8 Å². The molecule has 1 aromatic heterocycles. The SMILES string of the molecule is COC(=O)C1=C(C)Nc2scc(-c3ccc(OC)c(OC)c3)c2C1c1cccc([N+](=O)[O-])c1. The van der Waals surface area contributed by atoms with Crippen LogP contribution < -0.4 is 14.8 Å². The number of nitro benzene ring substituents is 1. The average Bonchev–Trinajstić information content (AvgIpc) is 3.25. The van der Waals surface area contributed by atoms with Crippen LogP contribution in [0.25, 0.3) is 11.1 Å². The third-order valence-corrected chi connectivity index (χ3v) is 6.54. The van der Waals surface area contributed by atoms with E-state index in [1.165, 1.54) is 30.6 Å². The Bertz CT molecular complexity index is 1280. The number of ether oxygens (including phenoxy) is 3. The first-order valence-corrected chi connectivity index (χ1v) is 10.9. The molecule has 1 N–H and O–H groups in total. The first-order chi connectivity index (χ1) is 15.9. The summed E-state index contributed by atoms with van der Waals surface area (Å²) < 4.78 is 15.9. The van der Waals surface area contributed by atoms with E-state index in [2.05, 4.69) is 5.32 Å². The van der Waals surface area contributed by atoms with E-state index in [1.807, 2.05) is 23.6 Å². The second-order valence-electron chi connectivity index (χ2n) is 7.40. The van der Waals surface area contributed by atoms with Crippen LogP contribution in [0.5, 0.6) is 11.5 Å². The summed E-state index contributed by atoms with van der Waals surface area (Å²) in [5.41, 5.74) is 4.24. The van der Waals surface area contributed by atoms with Gasteiger partial charge in [0.25, 0.3) is 5.69 Å². The van der Waals surface area contributed by atoms with E-state index in [9.17, 15) is 14.9 Å². The number of carbonyl (C=O) groups excluding carboxylic acids is 1. The summed E-state index contributed by atoms with van der Waals surface area (Å²) in [5.74, 6) is 0.129. The second-order valence-corrected chi connectivity index (χ2v) is 8.28. The second kappa shape index (κ2) is 8.95. The molecule has 9 heteroatoms. The summed E-state index contributed by atoms with van der Waals surface area (Å²) in [4.78, 5) is 23.9. The molecule has 0 radical (unpaired) electrons. The van der Waals surface area contributed by atoms with E-state index in [-0.39, 0.29) is 5.69 Å². The van der Waals surface area contributed by atoms with Crippen LogP contribution in [-0.4, -0.2) is 32.2 Å². The molecule has 0 saturated carbocycles. The Morgan fingerprint density at radius 3 is 2.52 bits per heavy atom. The van der Waals surface area contributed by atoms with Crippen LogP contribution in [0.4, 0.5) is 10.7 Å². The molecular weight excluding hydrogens is 444 g/mol. The largest absolute Gasteiger partial charge is 0.493 e. The van der Waals surface area contributed by atoms with Gasteiger partial charge in [-0.1, -0.05) is 18.2 Å². The standard InChI is InChI=1S/C24H22N2O6S/c1-13-20(24(27)32-4)21(15-6-5-7-16(10-15)26(28)29)22-17(12-33-23(22)25-13)14-8-9-18(30-2)19(11-14)31-3/h5-12,21,25H,1-4H3. The zero-order valence-electron chi connectivity index (χ0n) is 18.5. The number of hydrogen-bond donors (Lipinski definition) is 1. The number of methoxy groups -OCH3 is 3. The summed E-state index contributed by atoms with van der Waals surface area (Å²) in [5, 5.41) is 17.6. The monoisotopic (exact) mass is 466 g/mol. The van der Waals surface area contributed by atoms with Crippen LogP contribution >= 0.6 is 11.3 Å². The summed E-state index contributed by atoms with van der Waals surface area (Å²) in [6, 6.07) is 12.0. The molecule has 1 aliphatic rings. The molecule has 33 heavy (non-hydrogen) atoms. The predicted molar refractivity (Wildman–Crippen MR) is 126 cm³/mol. The average molecular weight is 467 g/mol. The van der Waals surface area contributed by atoms with Crippen molar-refractivity contribution in [2.45, 2.75) is 12.8 Å². The maximum absolute atomic E-state index is 12.9. The lowest BCUT2D eigenvalue weighted by Gasteiger charge is -2.29. The molecule has 0 spiro atoms. The van der Waals surface area contributed by atoms with Crippen LogP contribution in [0.3, 0.4) is 0 Å². The molecule has 8 nitrogen and oxygen atoms in total. The number of nitro groups is 1. The van der Waals surface area contributed by atoms with Gasteiger partial charge < -0.3 is 19.5 Å². The van der Waals surface area contributed by atoms with E-state index in [4.69, 9.17) is 14.2 Å². The van der Waals surface area contributed by atoms with Crippen LogP contribution in [-0.2, 0) is 9.53 Å². The Labute approximate surface area is 194 Å². The van der Waals surface area contributed by atoms with E-state index < -0.39 is 16.8 Å². The number of esters is 1. The third-order valence-electron chi connectivity index (χ3n) is 5.63. The van der Waals surface area contributed by atoms with Gasteiger partial charge in [-0.25, -0.2) is 4.79 Å². The van der Waals surface area contributed by atoms with Crippen molar-refractivity contribution in [2.75, 3.05) is 26.6 Å². The Hall–Kier alpha value is -3.85. The minimum absolute atomic E-state index is 0.0441. The highest BCUT2D eigenvalue weighted by atomic mass is 32.1. The van der Waals surface area contributed by atoms with Gasteiger partial charge in [0, 0.05) is 34.7 Å². The van der Waals surface area contributed by atoms with E-state index in [1.54, 1.807) is 33.3 Å². The number of rotatable bonds is 6. The highest BCUT2D eigenvalue weighted by Gasteiger charge is 2.36. The Balaban J connectivity index is 1.96. The molecule has 0 saturated heterocycles. The highest BCUT2D eigenvalue weighted by molar-refractivity contribution is 7.15. The molecular formula is C24H22N2O6S. The molecule has 4 rings (SSSR count). The van der Waals surface area contributed by atoms with Gasteiger partial charge >= 0.3 is 5.97 Å². The van der Waals surface area contributed by atoms with Crippen LogP contribution in [0, 0.1) is 10.1 Å². The number of allylic oxidation sites excluding steroid dienone is 1. The molecule has 2 aromatic carbocycles. The number of hydrogen-bond acceptors (Lipinski definition) is 8. The van der Waals surface area contributed by atoms with Crippen LogP contribution in [0.1, 0.15) is 24.0 Å². The molecule has 1 aliphatic heterocycles. The van der Waals surface area contributed by atoms with E-state index >= 15 is 0 Å². The van der Waals surface area contributed by atoms with Crippen LogP contribution in [0.15, 0.2) is 59.1 Å². The van der Waals surface area contributed by atoms with Gasteiger partial charge in [0.15, 0.2) is 11.5 Å². The zero-order chi connectivity index (χ0) is 23.7. The minimum Gasteiger partial charge on any atom is -0.493 e. The van der Waals surface area contributed by atoms with Gasteiger partial charge in [0.1, 0.15) is 0 Å².